The zero-order chi connectivity index (χ0) is 9.56. The second kappa shape index (κ2) is 5.41. The molecule has 0 aromatic rings. The fraction of sp³-hybridized carbons (Fsp3) is 0.444. The highest BCUT2D eigenvalue weighted by molar-refractivity contribution is 5.99. The predicted octanol–water partition coefficient (Wildman–Crippen LogP) is 0.926. The van der Waals surface area contributed by atoms with Gasteiger partial charge in [-0.2, -0.15) is 0 Å². The summed E-state index contributed by atoms with van der Waals surface area (Å²) in [6, 6.07) is 0. The molecule has 12 heavy (non-hydrogen) atoms. The van der Waals surface area contributed by atoms with Gasteiger partial charge >= 0.3 is 0 Å². The van der Waals surface area contributed by atoms with E-state index in [2.05, 4.69) is 0 Å². The Labute approximate surface area is 71.5 Å². The maximum atomic E-state index is 11.0. The third-order valence-electron chi connectivity index (χ3n) is 1.42. The smallest absolute Gasteiger partial charge is 0.159 e. The Balaban J connectivity index is 4.02. The summed E-state index contributed by atoms with van der Waals surface area (Å²) < 4.78 is 0. The van der Waals surface area contributed by atoms with Crippen molar-refractivity contribution in [2.75, 3.05) is 0 Å². The van der Waals surface area contributed by atoms with Gasteiger partial charge < -0.3 is 4.79 Å². The summed E-state index contributed by atoms with van der Waals surface area (Å²) in [5, 5.41) is 0. The second-order valence-corrected chi connectivity index (χ2v) is 2.65. The van der Waals surface area contributed by atoms with E-state index in [0.717, 1.165) is 0 Å². The normalized spacial score (nSPS) is 12.8. The van der Waals surface area contributed by atoms with Gasteiger partial charge in [-0.3, -0.25) is 9.59 Å². The number of ketones is 2. The van der Waals surface area contributed by atoms with Gasteiger partial charge in [0.1, 0.15) is 6.29 Å². The fourth-order valence-electron chi connectivity index (χ4n) is 0.624. The number of carbonyl (C=O) groups is 3. The summed E-state index contributed by atoms with van der Waals surface area (Å²) >= 11 is 0. The molecule has 0 amide bonds. The minimum atomic E-state index is -0.321. The molecule has 3 heteroatoms. The first-order valence-corrected chi connectivity index (χ1v) is 3.74. The van der Waals surface area contributed by atoms with E-state index < -0.39 is 0 Å². The second-order valence-electron chi connectivity index (χ2n) is 2.65. The number of allylic oxidation sites excluding steroid dienone is 2. The van der Waals surface area contributed by atoms with Crippen molar-refractivity contribution < 1.29 is 14.4 Å². The van der Waals surface area contributed by atoms with Crippen molar-refractivity contribution in [2.45, 2.75) is 20.3 Å². The van der Waals surface area contributed by atoms with Gasteiger partial charge in [0.15, 0.2) is 11.6 Å². The van der Waals surface area contributed by atoms with Gasteiger partial charge in [-0.15, -0.1) is 0 Å². The standard InChI is InChI=1S/C9H12O3/c1-7(5-6-10)9(12)4-3-8(2)11/h3-4,6-7H,5H2,1-2H3/b4-3+. The summed E-state index contributed by atoms with van der Waals surface area (Å²) in [5.74, 6) is -0.669. The van der Waals surface area contributed by atoms with E-state index in [1.165, 1.54) is 19.1 Å². The van der Waals surface area contributed by atoms with Gasteiger partial charge in [0, 0.05) is 12.3 Å². The van der Waals surface area contributed by atoms with E-state index in [4.69, 9.17) is 0 Å². The molecule has 0 heterocycles. The highest BCUT2D eigenvalue weighted by Crippen LogP contribution is 2.01. The van der Waals surface area contributed by atoms with Crippen LogP contribution in [0, 0.1) is 5.92 Å². The number of hydrogen-bond acceptors (Lipinski definition) is 3. The molecular weight excluding hydrogens is 156 g/mol. The summed E-state index contributed by atoms with van der Waals surface area (Å²) in [6.07, 6.45) is 3.34. The highest BCUT2D eigenvalue weighted by Gasteiger charge is 2.08. The zero-order valence-corrected chi connectivity index (χ0v) is 7.24. The Morgan fingerprint density at radius 1 is 1.33 bits per heavy atom. The van der Waals surface area contributed by atoms with Gasteiger partial charge in [0.25, 0.3) is 0 Å². The van der Waals surface area contributed by atoms with Crippen LogP contribution in [0.4, 0.5) is 0 Å². The van der Waals surface area contributed by atoms with Gasteiger partial charge in [0.05, 0.1) is 0 Å². The summed E-state index contributed by atoms with van der Waals surface area (Å²) in [4.78, 5) is 31.5. The summed E-state index contributed by atoms with van der Waals surface area (Å²) in [6.45, 7) is 3.02. The van der Waals surface area contributed by atoms with Crippen LogP contribution in [-0.4, -0.2) is 17.9 Å². The van der Waals surface area contributed by atoms with Crippen molar-refractivity contribution in [1.82, 2.24) is 0 Å². The molecule has 66 valence electrons. The van der Waals surface area contributed by atoms with Crippen LogP contribution in [0.15, 0.2) is 12.2 Å². The van der Waals surface area contributed by atoms with E-state index in [1.54, 1.807) is 6.92 Å². The average molecular weight is 168 g/mol. The SMILES string of the molecule is CC(=O)/C=C/C(=O)C(C)CC=O. The molecule has 0 rings (SSSR count). The van der Waals surface area contributed by atoms with E-state index >= 15 is 0 Å². The first-order valence-electron chi connectivity index (χ1n) is 3.74. The topological polar surface area (TPSA) is 51.2 Å². The maximum absolute atomic E-state index is 11.0. The Kier molecular flexibility index (Phi) is 4.84. The fourth-order valence-corrected chi connectivity index (χ4v) is 0.624. The van der Waals surface area contributed by atoms with Crippen LogP contribution < -0.4 is 0 Å². The number of carbonyl (C=O) groups excluding carboxylic acids is 3. The lowest BCUT2D eigenvalue weighted by atomic mass is 10.0. The van der Waals surface area contributed by atoms with Gasteiger partial charge in [0.2, 0.25) is 0 Å². The van der Waals surface area contributed by atoms with Crippen molar-refractivity contribution >= 4 is 17.9 Å². The summed E-state index contributed by atoms with van der Waals surface area (Å²) in [5.41, 5.74) is 0. The molecule has 0 aliphatic rings. The van der Waals surface area contributed by atoms with Crippen molar-refractivity contribution in [3.05, 3.63) is 12.2 Å². The number of hydrogen-bond donors (Lipinski definition) is 0. The number of rotatable bonds is 5. The molecule has 0 aromatic heterocycles. The average Bonchev–Trinajstić information content (AvgIpc) is 2.00. The molecule has 1 atom stereocenters. The van der Waals surface area contributed by atoms with E-state index in [9.17, 15) is 14.4 Å². The monoisotopic (exact) mass is 168 g/mol. The molecule has 0 N–H and O–H groups in total. The van der Waals surface area contributed by atoms with Crippen molar-refractivity contribution in [3.8, 4) is 0 Å². The van der Waals surface area contributed by atoms with Crippen LogP contribution in [0.1, 0.15) is 20.3 Å². The Bertz CT molecular complexity index is 216. The minimum absolute atomic E-state index is 0.165. The molecular formula is C9H12O3. The van der Waals surface area contributed by atoms with Crippen molar-refractivity contribution in [1.29, 1.82) is 0 Å². The Hall–Kier alpha value is -1.25. The van der Waals surface area contributed by atoms with Crippen molar-refractivity contribution in [2.24, 2.45) is 5.92 Å². The van der Waals surface area contributed by atoms with Crippen LogP contribution in [0.2, 0.25) is 0 Å². The minimum Gasteiger partial charge on any atom is -0.303 e. The molecule has 0 saturated carbocycles. The Morgan fingerprint density at radius 2 is 1.92 bits per heavy atom. The van der Waals surface area contributed by atoms with Crippen LogP contribution in [-0.2, 0) is 14.4 Å². The predicted molar refractivity (Wildman–Crippen MR) is 44.7 cm³/mol. The van der Waals surface area contributed by atoms with Crippen molar-refractivity contribution in [3.63, 3.8) is 0 Å². The van der Waals surface area contributed by atoms with Crippen LogP contribution in [0.5, 0.6) is 0 Å². The zero-order valence-electron chi connectivity index (χ0n) is 7.24. The maximum Gasteiger partial charge on any atom is 0.159 e. The quantitative estimate of drug-likeness (QED) is 0.453. The lowest BCUT2D eigenvalue weighted by molar-refractivity contribution is -0.120. The lowest BCUT2D eigenvalue weighted by Gasteiger charge is -1.99. The largest absolute Gasteiger partial charge is 0.303 e. The van der Waals surface area contributed by atoms with Gasteiger partial charge in [-0.25, -0.2) is 0 Å². The molecule has 1 unspecified atom stereocenters. The lowest BCUT2D eigenvalue weighted by Crippen LogP contribution is -2.08. The molecule has 0 saturated heterocycles. The third-order valence-corrected chi connectivity index (χ3v) is 1.42. The molecule has 3 nitrogen and oxygen atoms in total. The van der Waals surface area contributed by atoms with Crippen LogP contribution in [0.3, 0.4) is 0 Å². The Morgan fingerprint density at radius 3 is 2.33 bits per heavy atom. The van der Waals surface area contributed by atoms with E-state index in [0.29, 0.717) is 6.29 Å². The molecule has 0 fully saturated rings. The third kappa shape index (κ3) is 4.55. The first kappa shape index (κ1) is 10.8. The van der Waals surface area contributed by atoms with E-state index in [1.807, 2.05) is 0 Å². The molecule has 0 radical (unpaired) electrons. The van der Waals surface area contributed by atoms with Gasteiger partial charge in [-0.05, 0) is 19.1 Å². The molecule has 0 bridgehead atoms. The molecule has 0 aliphatic heterocycles. The first-order chi connectivity index (χ1) is 5.57. The summed E-state index contributed by atoms with van der Waals surface area (Å²) in [7, 11) is 0. The van der Waals surface area contributed by atoms with Crippen LogP contribution >= 0.6 is 0 Å². The number of aldehydes is 1. The molecule has 0 aromatic carbocycles. The molecule has 0 spiro atoms. The van der Waals surface area contributed by atoms with Crippen LogP contribution in [0.25, 0.3) is 0 Å². The molecule has 0 aliphatic carbocycles. The highest BCUT2D eigenvalue weighted by atomic mass is 16.1. The van der Waals surface area contributed by atoms with Gasteiger partial charge in [-0.1, -0.05) is 6.92 Å². The van der Waals surface area contributed by atoms with E-state index in [-0.39, 0.29) is 23.9 Å².